The molecule has 0 fully saturated rings. The fourth-order valence-electron chi connectivity index (χ4n) is 1.88. The van der Waals surface area contributed by atoms with Crippen molar-refractivity contribution < 1.29 is 4.74 Å². The van der Waals surface area contributed by atoms with Gasteiger partial charge in [0.05, 0.1) is 12.1 Å². The first-order valence-corrected chi connectivity index (χ1v) is 5.34. The number of methoxy groups -OCH3 is 1. The molecular formula is C11H26N2O. The molecule has 0 aliphatic rings. The highest BCUT2D eigenvalue weighted by Crippen LogP contribution is 2.25. The van der Waals surface area contributed by atoms with Crippen LogP contribution in [0.2, 0.25) is 0 Å². The Labute approximate surface area is 88.6 Å². The maximum atomic E-state index is 5.91. The minimum absolute atomic E-state index is 0.0388. The van der Waals surface area contributed by atoms with Gasteiger partial charge in [-0.25, -0.2) is 0 Å². The zero-order valence-corrected chi connectivity index (χ0v) is 10.5. The Kier molecular flexibility index (Phi) is 5.64. The van der Waals surface area contributed by atoms with E-state index in [4.69, 9.17) is 10.5 Å². The molecule has 0 spiro atoms. The van der Waals surface area contributed by atoms with Gasteiger partial charge in [0, 0.05) is 19.7 Å². The molecule has 0 bridgehead atoms. The predicted octanol–water partition coefficient (Wildman–Crippen LogP) is 1.33. The summed E-state index contributed by atoms with van der Waals surface area (Å²) in [5.74, 6) is 0.486. The summed E-state index contributed by atoms with van der Waals surface area (Å²) in [6.07, 6.45) is 0. The van der Waals surface area contributed by atoms with E-state index in [9.17, 15) is 0 Å². The minimum Gasteiger partial charge on any atom is -0.383 e. The molecule has 0 heterocycles. The molecule has 3 nitrogen and oxygen atoms in total. The number of hydrogen-bond donors (Lipinski definition) is 1. The van der Waals surface area contributed by atoms with E-state index in [1.54, 1.807) is 7.11 Å². The van der Waals surface area contributed by atoms with Gasteiger partial charge in [-0.15, -0.1) is 0 Å². The third kappa shape index (κ3) is 2.69. The van der Waals surface area contributed by atoms with Gasteiger partial charge >= 0.3 is 0 Å². The summed E-state index contributed by atoms with van der Waals surface area (Å²) in [5.41, 5.74) is 5.87. The molecule has 3 heteroatoms. The van der Waals surface area contributed by atoms with Crippen LogP contribution in [0.3, 0.4) is 0 Å². The Balaban J connectivity index is 4.82. The third-order valence-electron chi connectivity index (χ3n) is 3.30. The number of nitrogens with zero attached hydrogens (tertiary/aromatic N) is 1. The summed E-state index contributed by atoms with van der Waals surface area (Å²) in [7, 11) is 3.86. The molecule has 14 heavy (non-hydrogen) atoms. The van der Waals surface area contributed by atoms with E-state index in [-0.39, 0.29) is 5.54 Å². The molecule has 0 amide bonds. The van der Waals surface area contributed by atoms with Crippen LogP contribution in [-0.2, 0) is 4.74 Å². The second-order valence-electron chi connectivity index (χ2n) is 4.60. The average molecular weight is 202 g/mol. The van der Waals surface area contributed by atoms with Gasteiger partial charge in [-0.3, -0.25) is 4.90 Å². The molecule has 1 unspecified atom stereocenters. The summed E-state index contributed by atoms with van der Waals surface area (Å²) in [4.78, 5) is 2.32. The van der Waals surface area contributed by atoms with Crippen LogP contribution in [0.25, 0.3) is 0 Å². The monoisotopic (exact) mass is 202 g/mol. The molecule has 0 aliphatic carbocycles. The zero-order chi connectivity index (χ0) is 11.4. The highest BCUT2D eigenvalue weighted by Gasteiger charge is 2.37. The number of ether oxygens (including phenoxy) is 1. The second-order valence-corrected chi connectivity index (χ2v) is 4.60. The largest absolute Gasteiger partial charge is 0.383 e. The molecule has 0 aromatic heterocycles. The Morgan fingerprint density at radius 1 is 1.29 bits per heavy atom. The summed E-state index contributed by atoms with van der Waals surface area (Å²) in [6, 6.07) is 0.482. The van der Waals surface area contributed by atoms with E-state index in [1.807, 2.05) is 0 Å². The molecule has 2 N–H and O–H groups in total. The number of rotatable bonds is 6. The van der Waals surface area contributed by atoms with Crippen molar-refractivity contribution in [1.82, 2.24) is 4.90 Å². The Hall–Kier alpha value is -0.120. The fourth-order valence-corrected chi connectivity index (χ4v) is 1.88. The van der Waals surface area contributed by atoms with Crippen LogP contribution < -0.4 is 5.73 Å². The van der Waals surface area contributed by atoms with Gasteiger partial charge in [0.15, 0.2) is 0 Å². The predicted molar refractivity (Wildman–Crippen MR) is 61.4 cm³/mol. The molecule has 0 aromatic carbocycles. The Morgan fingerprint density at radius 2 is 1.79 bits per heavy atom. The molecule has 0 rings (SSSR count). The van der Waals surface area contributed by atoms with Crippen molar-refractivity contribution in [2.24, 2.45) is 11.7 Å². The molecule has 0 aromatic rings. The van der Waals surface area contributed by atoms with Crippen molar-refractivity contribution in [2.45, 2.75) is 39.3 Å². The van der Waals surface area contributed by atoms with E-state index in [0.29, 0.717) is 25.1 Å². The highest BCUT2D eigenvalue weighted by molar-refractivity contribution is 4.94. The zero-order valence-electron chi connectivity index (χ0n) is 10.5. The third-order valence-corrected chi connectivity index (χ3v) is 3.30. The first kappa shape index (κ1) is 13.9. The van der Waals surface area contributed by atoms with Gasteiger partial charge < -0.3 is 10.5 Å². The number of nitrogens with two attached hydrogens (primary N) is 1. The van der Waals surface area contributed by atoms with Gasteiger partial charge in [-0.1, -0.05) is 13.8 Å². The summed E-state index contributed by atoms with van der Waals surface area (Å²) < 4.78 is 5.31. The lowest BCUT2D eigenvalue weighted by Crippen LogP contribution is -2.60. The van der Waals surface area contributed by atoms with Gasteiger partial charge in [-0.2, -0.15) is 0 Å². The van der Waals surface area contributed by atoms with Crippen molar-refractivity contribution in [2.75, 3.05) is 27.3 Å². The van der Waals surface area contributed by atoms with Crippen LogP contribution >= 0.6 is 0 Å². The van der Waals surface area contributed by atoms with Gasteiger partial charge in [0.25, 0.3) is 0 Å². The van der Waals surface area contributed by atoms with E-state index in [1.165, 1.54) is 0 Å². The maximum Gasteiger partial charge on any atom is 0.0661 e. The lowest BCUT2D eigenvalue weighted by Gasteiger charge is -2.46. The smallest absolute Gasteiger partial charge is 0.0661 e. The Morgan fingerprint density at radius 3 is 2.00 bits per heavy atom. The molecule has 0 saturated carbocycles. The summed E-state index contributed by atoms with van der Waals surface area (Å²) in [6.45, 7) is 10.1. The fraction of sp³-hybridized carbons (Fsp3) is 1.00. The molecule has 0 radical (unpaired) electrons. The van der Waals surface area contributed by atoms with Crippen molar-refractivity contribution in [3.63, 3.8) is 0 Å². The molecule has 0 saturated heterocycles. The van der Waals surface area contributed by atoms with Gasteiger partial charge in [-0.05, 0) is 26.8 Å². The first-order chi connectivity index (χ1) is 6.42. The lowest BCUT2D eigenvalue weighted by atomic mass is 9.84. The van der Waals surface area contributed by atoms with Gasteiger partial charge in [0.2, 0.25) is 0 Å². The second kappa shape index (κ2) is 5.69. The van der Waals surface area contributed by atoms with Crippen molar-refractivity contribution in [3.05, 3.63) is 0 Å². The topological polar surface area (TPSA) is 38.5 Å². The number of hydrogen-bond acceptors (Lipinski definition) is 3. The van der Waals surface area contributed by atoms with Crippen molar-refractivity contribution in [1.29, 1.82) is 0 Å². The van der Waals surface area contributed by atoms with Crippen molar-refractivity contribution in [3.8, 4) is 0 Å². The summed E-state index contributed by atoms with van der Waals surface area (Å²) in [5, 5.41) is 0. The lowest BCUT2D eigenvalue weighted by molar-refractivity contribution is -0.0170. The van der Waals surface area contributed by atoms with Crippen molar-refractivity contribution >= 4 is 0 Å². The molecular weight excluding hydrogens is 176 g/mol. The number of likely N-dealkylation sites (N-methyl/N-ethyl adjacent to an activating group) is 1. The van der Waals surface area contributed by atoms with Crippen LogP contribution in [0.4, 0.5) is 0 Å². The quantitative estimate of drug-likeness (QED) is 0.706. The van der Waals surface area contributed by atoms with Crippen LogP contribution in [0.5, 0.6) is 0 Å². The SMILES string of the molecule is COCC(CN)(C(C)C)N(C)C(C)C. The first-order valence-electron chi connectivity index (χ1n) is 5.34. The van der Waals surface area contributed by atoms with Crippen LogP contribution in [0.15, 0.2) is 0 Å². The highest BCUT2D eigenvalue weighted by atomic mass is 16.5. The van der Waals surface area contributed by atoms with Gasteiger partial charge in [0.1, 0.15) is 0 Å². The van der Waals surface area contributed by atoms with Crippen LogP contribution in [-0.4, -0.2) is 43.8 Å². The Bertz CT molecular complexity index is 159. The van der Waals surface area contributed by atoms with Crippen LogP contribution in [0.1, 0.15) is 27.7 Å². The normalized spacial score (nSPS) is 16.7. The van der Waals surface area contributed by atoms with Crippen LogP contribution in [0, 0.1) is 5.92 Å². The standard InChI is InChI=1S/C11H26N2O/c1-9(2)11(7-12,8-14-6)13(5)10(3)4/h9-10H,7-8,12H2,1-6H3. The minimum atomic E-state index is -0.0388. The molecule has 86 valence electrons. The molecule has 1 atom stereocenters. The van der Waals surface area contributed by atoms with E-state index in [2.05, 4.69) is 39.6 Å². The maximum absolute atomic E-state index is 5.91. The van der Waals surface area contributed by atoms with E-state index < -0.39 is 0 Å². The molecule has 0 aliphatic heterocycles. The van der Waals surface area contributed by atoms with E-state index >= 15 is 0 Å². The van der Waals surface area contributed by atoms with E-state index in [0.717, 1.165) is 0 Å². The average Bonchev–Trinajstić information content (AvgIpc) is 2.12. The summed E-state index contributed by atoms with van der Waals surface area (Å²) >= 11 is 0.